The molecule has 4 nitrogen and oxygen atoms in total. The minimum Gasteiger partial charge on any atom is -0.483 e. The molecule has 0 bridgehead atoms. The molecule has 1 aliphatic heterocycles. The van der Waals surface area contributed by atoms with Gasteiger partial charge >= 0.3 is 0 Å². The van der Waals surface area contributed by atoms with Crippen LogP contribution in [0, 0.1) is 0 Å². The third-order valence-electron chi connectivity index (χ3n) is 2.22. The molecule has 2 atom stereocenters. The number of aldehydes is 1. The van der Waals surface area contributed by atoms with Crippen LogP contribution < -0.4 is 0 Å². The molecule has 84 valence electrons. The Bertz CT molecular complexity index is 278. The maximum Gasteiger partial charge on any atom is 0.172 e. The van der Waals surface area contributed by atoms with Gasteiger partial charge < -0.3 is 14.9 Å². The highest BCUT2D eigenvalue weighted by atomic mass is 16.5. The molecule has 0 saturated carbocycles. The average molecular weight is 212 g/mol. The summed E-state index contributed by atoms with van der Waals surface area (Å²) in [5, 5.41) is 18.2. The summed E-state index contributed by atoms with van der Waals surface area (Å²) in [5.41, 5.74) is 0.675. The van der Waals surface area contributed by atoms with Crippen LogP contribution >= 0.6 is 0 Å². The number of ether oxygens (including phenoxy) is 1. The first-order chi connectivity index (χ1) is 7.17. The number of aliphatic hydroxyl groups excluding tert-OH is 2. The lowest BCUT2D eigenvalue weighted by molar-refractivity contribution is -0.114. The van der Waals surface area contributed by atoms with Crippen molar-refractivity contribution in [3.8, 4) is 0 Å². The van der Waals surface area contributed by atoms with Gasteiger partial charge in [-0.25, -0.2) is 0 Å². The number of hydrogen-bond acceptors (Lipinski definition) is 4. The van der Waals surface area contributed by atoms with Crippen molar-refractivity contribution in [1.82, 2.24) is 0 Å². The Morgan fingerprint density at radius 3 is 2.93 bits per heavy atom. The van der Waals surface area contributed by atoms with E-state index in [0.717, 1.165) is 0 Å². The predicted octanol–water partition coefficient (Wildman–Crippen LogP) is 0.548. The van der Waals surface area contributed by atoms with Crippen LogP contribution in [0.2, 0.25) is 0 Å². The summed E-state index contributed by atoms with van der Waals surface area (Å²) in [6, 6.07) is 0. The highest BCUT2D eigenvalue weighted by Crippen LogP contribution is 2.21. The van der Waals surface area contributed by atoms with Crippen molar-refractivity contribution in [2.24, 2.45) is 0 Å². The molecule has 2 N–H and O–H groups in total. The number of allylic oxidation sites excluding steroid dienone is 1. The van der Waals surface area contributed by atoms with E-state index in [9.17, 15) is 4.79 Å². The van der Waals surface area contributed by atoms with Crippen LogP contribution in [-0.2, 0) is 9.53 Å². The van der Waals surface area contributed by atoms with Gasteiger partial charge in [0.15, 0.2) is 12.4 Å². The zero-order valence-electron chi connectivity index (χ0n) is 8.72. The van der Waals surface area contributed by atoms with Crippen molar-refractivity contribution in [3.63, 3.8) is 0 Å². The van der Waals surface area contributed by atoms with Crippen LogP contribution in [0.3, 0.4) is 0 Å². The number of carbonyl (C=O) groups excluding carboxylic acids is 1. The third-order valence-corrected chi connectivity index (χ3v) is 2.22. The minimum atomic E-state index is -0.565. The molecular weight excluding hydrogens is 196 g/mol. The lowest BCUT2D eigenvalue weighted by Gasteiger charge is -2.20. The van der Waals surface area contributed by atoms with E-state index in [2.05, 4.69) is 0 Å². The van der Waals surface area contributed by atoms with Crippen LogP contribution in [-0.4, -0.2) is 35.3 Å². The Hall–Kier alpha value is -1.13. The van der Waals surface area contributed by atoms with Crippen LogP contribution in [0.1, 0.15) is 19.8 Å². The van der Waals surface area contributed by atoms with Crippen molar-refractivity contribution in [1.29, 1.82) is 0 Å². The van der Waals surface area contributed by atoms with Gasteiger partial charge in [0.2, 0.25) is 0 Å². The zero-order valence-corrected chi connectivity index (χ0v) is 8.72. The fourth-order valence-electron chi connectivity index (χ4n) is 1.36. The molecule has 1 rings (SSSR count). The van der Waals surface area contributed by atoms with Gasteiger partial charge in [-0.05, 0) is 19.4 Å². The second kappa shape index (κ2) is 5.68. The van der Waals surface area contributed by atoms with E-state index < -0.39 is 12.2 Å². The second-order valence-corrected chi connectivity index (χ2v) is 3.57. The van der Waals surface area contributed by atoms with E-state index in [1.54, 1.807) is 19.1 Å². The van der Waals surface area contributed by atoms with Crippen molar-refractivity contribution < 1.29 is 19.7 Å². The Balaban J connectivity index is 2.66. The number of aliphatic hydroxyl groups is 2. The van der Waals surface area contributed by atoms with Gasteiger partial charge in [0.25, 0.3) is 0 Å². The number of hydrogen-bond donors (Lipinski definition) is 2. The lowest BCUT2D eigenvalue weighted by Crippen LogP contribution is -2.17. The smallest absolute Gasteiger partial charge is 0.172 e. The van der Waals surface area contributed by atoms with Crippen LogP contribution in [0.25, 0.3) is 0 Å². The molecule has 0 aromatic carbocycles. The summed E-state index contributed by atoms with van der Waals surface area (Å²) < 4.78 is 5.34. The molecule has 0 saturated heterocycles. The molecule has 0 aliphatic carbocycles. The Morgan fingerprint density at radius 2 is 2.40 bits per heavy atom. The van der Waals surface area contributed by atoms with Gasteiger partial charge in [-0.3, -0.25) is 4.79 Å². The SMILES string of the molecule is CC(O)CCC1=C(CO)C=CC(C=O)O1. The van der Waals surface area contributed by atoms with E-state index in [-0.39, 0.29) is 6.61 Å². The summed E-state index contributed by atoms with van der Waals surface area (Å²) >= 11 is 0. The molecule has 0 radical (unpaired) electrons. The van der Waals surface area contributed by atoms with Gasteiger partial charge in [-0.2, -0.15) is 0 Å². The standard InChI is InChI=1S/C11H16O4/c1-8(14)2-5-11-9(6-12)3-4-10(7-13)15-11/h3-4,7-8,10,12,14H,2,5-6H2,1H3. The van der Waals surface area contributed by atoms with Crippen molar-refractivity contribution in [3.05, 3.63) is 23.5 Å². The molecule has 15 heavy (non-hydrogen) atoms. The highest BCUT2D eigenvalue weighted by molar-refractivity contribution is 5.60. The molecule has 1 heterocycles. The molecule has 0 amide bonds. The summed E-state index contributed by atoms with van der Waals surface area (Å²) in [7, 11) is 0. The van der Waals surface area contributed by atoms with E-state index >= 15 is 0 Å². The van der Waals surface area contributed by atoms with Crippen LogP contribution in [0.15, 0.2) is 23.5 Å². The molecule has 0 spiro atoms. The van der Waals surface area contributed by atoms with Gasteiger partial charge in [0, 0.05) is 12.0 Å². The summed E-state index contributed by atoms with van der Waals surface area (Å²) in [6.45, 7) is 1.58. The highest BCUT2D eigenvalue weighted by Gasteiger charge is 2.16. The van der Waals surface area contributed by atoms with Crippen LogP contribution in [0.4, 0.5) is 0 Å². The van der Waals surface area contributed by atoms with E-state index in [1.807, 2.05) is 0 Å². The number of carbonyl (C=O) groups is 1. The third kappa shape index (κ3) is 3.49. The first-order valence-electron chi connectivity index (χ1n) is 4.98. The van der Waals surface area contributed by atoms with Crippen LogP contribution in [0.5, 0.6) is 0 Å². The summed E-state index contributed by atoms with van der Waals surface area (Å²) in [6.07, 6.45) is 4.10. The first kappa shape index (κ1) is 11.9. The van der Waals surface area contributed by atoms with Crippen molar-refractivity contribution >= 4 is 6.29 Å². The fourth-order valence-corrected chi connectivity index (χ4v) is 1.36. The first-order valence-corrected chi connectivity index (χ1v) is 4.98. The maximum absolute atomic E-state index is 10.5. The molecule has 0 aromatic heterocycles. The molecular formula is C11H16O4. The monoisotopic (exact) mass is 212 g/mol. The molecule has 2 unspecified atom stereocenters. The number of rotatable bonds is 5. The van der Waals surface area contributed by atoms with E-state index in [1.165, 1.54) is 0 Å². The van der Waals surface area contributed by atoms with E-state index in [0.29, 0.717) is 30.5 Å². The maximum atomic E-state index is 10.5. The fraction of sp³-hybridized carbons (Fsp3) is 0.545. The molecule has 0 fully saturated rings. The molecule has 1 aliphatic rings. The second-order valence-electron chi connectivity index (χ2n) is 3.57. The topological polar surface area (TPSA) is 66.8 Å². The summed E-state index contributed by atoms with van der Waals surface area (Å²) in [5.74, 6) is 0.595. The van der Waals surface area contributed by atoms with Gasteiger partial charge in [0.1, 0.15) is 5.76 Å². The van der Waals surface area contributed by atoms with Crippen molar-refractivity contribution in [2.45, 2.75) is 32.0 Å². The van der Waals surface area contributed by atoms with Gasteiger partial charge in [-0.15, -0.1) is 0 Å². The summed E-state index contributed by atoms with van der Waals surface area (Å²) in [4.78, 5) is 10.5. The van der Waals surface area contributed by atoms with Gasteiger partial charge in [0.05, 0.1) is 12.7 Å². The largest absolute Gasteiger partial charge is 0.483 e. The lowest BCUT2D eigenvalue weighted by atomic mass is 10.1. The van der Waals surface area contributed by atoms with Gasteiger partial charge in [-0.1, -0.05) is 6.08 Å². The zero-order chi connectivity index (χ0) is 11.3. The Labute approximate surface area is 88.9 Å². The Kier molecular flexibility index (Phi) is 4.52. The predicted molar refractivity (Wildman–Crippen MR) is 55.1 cm³/mol. The molecule has 0 aromatic rings. The average Bonchev–Trinajstić information content (AvgIpc) is 2.25. The molecule has 4 heteroatoms. The Morgan fingerprint density at radius 1 is 1.67 bits per heavy atom. The van der Waals surface area contributed by atoms with Crippen molar-refractivity contribution in [2.75, 3.05) is 6.61 Å². The normalized spacial score (nSPS) is 22.5. The quantitative estimate of drug-likeness (QED) is 0.653. The minimum absolute atomic E-state index is 0.114. The van der Waals surface area contributed by atoms with E-state index in [4.69, 9.17) is 14.9 Å².